The molecule has 0 bridgehead atoms. The van der Waals surface area contributed by atoms with Crippen LogP contribution in [-0.2, 0) is 92.3 Å². The molecule has 4 saturated heterocycles. The van der Waals surface area contributed by atoms with Crippen LogP contribution in [0, 0.1) is 0 Å². The quantitative estimate of drug-likeness (QED) is 0.0162. The van der Waals surface area contributed by atoms with Crippen molar-refractivity contribution in [1.82, 2.24) is 0 Å². The van der Waals surface area contributed by atoms with Gasteiger partial charge >= 0.3 is 413 Å². The summed E-state index contributed by atoms with van der Waals surface area (Å²) in [4.78, 5) is 58.3. The molecule has 21 heteroatoms. The number of unbranched alkanes of at least 4 members (excludes halogenated alkanes) is 2. The number of hydrogen-bond acceptors (Lipinski definition) is 20. The summed E-state index contributed by atoms with van der Waals surface area (Å²) in [6.07, 6.45) is -15.8. The Bertz CT molecular complexity index is 3560. The molecule has 5 unspecified atom stereocenters. The van der Waals surface area contributed by atoms with Crippen molar-refractivity contribution in [2.45, 2.75) is 167 Å². The molecule has 4 heterocycles. The molecule has 0 saturated carbocycles. The van der Waals surface area contributed by atoms with Gasteiger partial charge in [0.15, 0.2) is 0 Å². The normalized spacial score (nSPS) is 26.3. The van der Waals surface area contributed by atoms with Gasteiger partial charge in [0.05, 0.1) is 13.2 Å². The van der Waals surface area contributed by atoms with E-state index in [1.807, 2.05) is 97.9 Å². The summed E-state index contributed by atoms with van der Waals surface area (Å²) in [6.45, 7) is 5.46. The third-order valence-electron chi connectivity index (χ3n) is 17.7. The average molecular weight is 1460 g/mol. The van der Waals surface area contributed by atoms with Crippen LogP contribution in [0.1, 0.15) is 105 Å². The van der Waals surface area contributed by atoms with E-state index in [1.165, 1.54) is 7.11 Å². The second-order valence-corrected chi connectivity index (χ2v) is 34.2. The fourth-order valence-corrected chi connectivity index (χ4v) is 24.3. The van der Waals surface area contributed by atoms with Crippen LogP contribution in [0.4, 0.5) is 0 Å². The number of carbonyl (C=O) groups is 4. The molecule has 7 aromatic carbocycles. The van der Waals surface area contributed by atoms with Gasteiger partial charge in [0.1, 0.15) is 0 Å². The van der Waals surface area contributed by atoms with E-state index in [0.717, 1.165) is 42.4 Å². The van der Waals surface area contributed by atoms with Crippen molar-refractivity contribution in [3.63, 3.8) is 0 Å². The fourth-order valence-electron chi connectivity index (χ4n) is 12.6. The predicted molar refractivity (Wildman–Crippen MR) is 364 cm³/mol. The SMILES string of the molecule is CCC[CH2][Sn]1([CH2]CCC)[O][C@H]2[C@@H]([O]1)[C@@H](COC(=O)c1ccccc1)O[C@@H](O[C@H]1[C@H](OC3OC(C)C(OCc4ccccc4)C(OCc4ccccc4)C3OCc3ccccc3)[C@@H](OC(=O)c3ccccc3)[C@H](OCCOC)O[C@@H]1COC(=O)c1ccccc1)[C@@H]2OC(=O)c1ccccc1. The van der Waals surface area contributed by atoms with Gasteiger partial charge in [0.25, 0.3) is 0 Å². The summed E-state index contributed by atoms with van der Waals surface area (Å²) in [6, 6.07) is 62.9. The molecule has 0 N–H and O–H groups in total. The number of carbonyl (C=O) groups excluding carboxylic acids is 4. The average Bonchev–Trinajstić information content (AvgIpc) is 1.70. The van der Waals surface area contributed by atoms with Crippen LogP contribution in [0.5, 0.6) is 0 Å². The Morgan fingerprint density at radius 3 is 1.25 bits per heavy atom. The molecule has 7 aromatic rings. The van der Waals surface area contributed by atoms with Gasteiger partial charge in [-0.15, -0.1) is 0 Å². The first-order chi connectivity index (χ1) is 48.5. The van der Waals surface area contributed by atoms with Gasteiger partial charge in [-0.25, -0.2) is 0 Å². The minimum absolute atomic E-state index is 0.0366. The number of methoxy groups -OCH3 is 1. The Morgan fingerprint density at radius 1 is 0.384 bits per heavy atom. The zero-order valence-corrected chi connectivity index (χ0v) is 59.1. The van der Waals surface area contributed by atoms with E-state index in [9.17, 15) is 14.4 Å². The second kappa shape index (κ2) is 36.9. The first-order valence-electron chi connectivity index (χ1n) is 34.2. The van der Waals surface area contributed by atoms with E-state index in [0.29, 0.717) is 14.4 Å². The molecule has 11 rings (SSSR count). The zero-order valence-electron chi connectivity index (χ0n) is 56.2. The summed E-state index contributed by atoms with van der Waals surface area (Å²) in [5, 5.41) is 0. The topological polar surface area (TPSA) is 216 Å². The third kappa shape index (κ3) is 19.6. The van der Waals surface area contributed by atoms with E-state index >= 15 is 4.79 Å². The monoisotopic (exact) mass is 1460 g/mol. The number of hydrogen-bond donors (Lipinski definition) is 0. The minimum atomic E-state index is -4.28. The number of ether oxygens (including phenoxy) is 14. The van der Waals surface area contributed by atoms with Gasteiger partial charge in [-0.2, -0.15) is 0 Å². The predicted octanol–water partition coefficient (Wildman–Crippen LogP) is 12.4. The van der Waals surface area contributed by atoms with Gasteiger partial charge in [-0.1, -0.05) is 127 Å². The maximum absolute atomic E-state index is 15.0. The number of rotatable bonds is 33. The number of fused-ring (bicyclic) bond motifs is 1. The Labute approximate surface area is 583 Å². The van der Waals surface area contributed by atoms with Gasteiger partial charge in [-0.3, -0.25) is 0 Å². The third-order valence-corrected chi connectivity index (χ3v) is 28.1. The van der Waals surface area contributed by atoms with E-state index in [1.54, 1.807) is 121 Å². The Morgan fingerprint density at radius 2 is 0.778 bits per heavy atom. The molecule has 4 aliphatic rings. The Balaban J connectivity index is 1.07. The molecule has 0 aromatic heterocycles. The van der Waals surface area contributed by atoms with Crippen LogP contribution in [-0.4, -0.2) is 169 Å². The van der Waals surface area contributed by atoms with Gasteiger partial charge < -0.3 is 9.47 Å². The summed E-state index contributed by atoms with van der Waals surface area (Å²) < 4.78 is 112. The van der Waals surface area contributed by atoms with E-state index in [2.05, 4.69) is 13.8 Å². The number of benzene rings is 7. The molecule has 15 atom stereocenters. The van der Waals surface area contributed by atoms with E-state index in [-0.39, 0.29) is 56.3 Å². The van der Waals surface area contributed by atoms with Crippen LogP contribution >= 0.6 is 0 Å². The van der Waals surface area contributed by atoms with Gasteiger partial charge in [-0.05, 0) is 16.7 Å². The number of esters is 4. The molecule has 4 aliphatic heterocycles. The van der Waals surface area contributed by atoms with Crippen LogP contribution < -0.4 is 0 Å². The summed E-state index contributed by atoms with van der Waals surface area (Å²) in [5.74, 6) is -2.88. The fraction of sp³-hybridized carbons (Fsp3) is 0.410. The van der Waals surface area contributed by atoms with Crippen molar-refractivity contribution in [3.8, 4) is 0 Å². The van der Waals surface area contributed by atoms with E-state index in [4.69, 9.17) is 72.5 Å². The molecular formula is C78H88O20Sn. The molecule has 0 amide bonds. The van der Waals surface area contributed by atoms with Crippen LogP contribution in [0.25, 0.3) is 0 Å². The van der Waals surface area contributed by atoms with E-state index < -0.39 is 142 Å². The van der Waals surface area contributed by atoms with Crippen LogP contribution in [0.3, 0.4) is 0 Å². The first-order valence-corrected chi connectivity index (χ1v) is 40.5. The van der Waals surface area contributed by atoms with Crippen LogP contribution in [0.15, 0.2) is 212 Å². The van der Waals surface area contributed by atoms with Crippen molar-refractivity contribution < 1.29 is 91.6 Å². The van der Waals surface area contributed by atoms with Gasteiger partial charge in [0.2, 0.25) is 0 Å². The van der Waals surface area contributed by atoms with Crippen molar-refractivity contribution in [2.24, 2.45) is 0 Å². The van der Waals surface area contributed by atoms with Crippen molar-refractivity contribution in [1.29, 1.82) is 0 Å². The van der Waals surface area contributed by atoms with Crippen LogP contribution in [0.2, 0.25) is 8.87 Å². The first kappa shape index (κ1) is 73.0. The summed E-state index contributed by atoms with van der Waals surface area (Å²) in [5.41, 5.74) is 3.51. The Hall–Kier alpha value is -7.26. The van der Waals surface area contributed by atoms with Crippen molar-refractivity contribution in [2.75, 3.05) is 33.5 Å². The molecule has 99 heavy (non-hydrogen) atoms. The molecule has 4 fully saturated rings. The summed E-state index contributed by atoms with van der Waals surface area (Å²) >= 11 is -4.28. The summed E-state index contributed by atoms with van der Waals surface area (Å²) in [7, 11) is 1.51. The molecular weight excluding hydrogens is 1380 g/mol. The molecule has 0 aliphatic carbocycles. The van der Waals surface area contributed by atoms with Gasteiger partial charge in [0, 0.05) is 7.11 Å². The molecule has 0 radical (unpaired) electrons. The standard InChI is InChI=1S/C70H70O20.2C4H9.Sn/c1-45-57(79-40-46-24-10-3-11-25-46)60(80-41-47-26-12-4-13-27-47)62(81-42-48-28-14-5-15-29-48)70(84-45)90-61-58(54(44-83-65(74)50-32-18-7-19-33-50)86-68(78-39-38-77-2)63(61)88-67(76)52-36-22-9-23-37-52)89-69-59(87-66(75)51-34-20-8-21-35-51)56(72)55(71)53(85-69)43-82-64(73)49-30-16-6-17-31-49;2*1-3-4-2;/h3-37,45,53-63,68-70H,38-44H2,1-2H3;2*1,3-4H2,2H3;/q-2;;;+2/t45?,53-,54-,55+,56+,57?,58-,59-,60?,61+,62?,63-,68-,69+,70?;;;/m1.../s1. The molecule has 0 spiro atoms. The Kier molecular flexibility index (Phi) is 27.2. The zero-order chi connectivity index (χ0) is 68.8. The second-order valence-electron chi connectivity index (χ2n) is 24.8. The van der Waals surface area contributed by atoms with Crippen molar-refractivity contribution in [3.05, 3.63) is 251 Å². The van der Waals surface area contributed by atoms with Crippen molar-refractivity contribution >= 4 is 43.1 Å². The maximum atomic E-state index is 15.0. The molecule has 524 valence electrons. The molecule has 20 nitrogen and oxygen atoms in total.